The topological polar surface area (TPSA) is 46.6 Å². The molecule has 24 heavy (non-hydrogen) atoms. The van der Waals surface area contributed by atoms with Gasteiger partial charge in [-0.15, -0.1) is 0 Å². The zero-order valence-corrected chi connectivity index (χ0v) is 15.7. The molecule has 5 heteroatoms. The molecule has 0 saturated carbocycles. The van der Waals surface area contributed by atoms with Crippen molar-refractivity contribution in [1.29, 1.82) is 0 Å². The molecule has 1 unspecified atom stereocenters. The average Bonchev–Trinajstić information content (AvgIpc) is 2.84. The predicted molar refractivity (Wildman–Crippen MR) is 95.9 cm³/mol. The minimum Gasteiger partial charge on any atom is -0.497 e. The van der Waals surface area contributed by atoms with Crippen LogP contribution in [-0.2, 0) is 16.1 Å². The first kappa shape index (κ1) is 17.2. The van der Waals surface area contributed by atoms with Gasteiger partial charge < -0.3 is 9.64 Å². The molecule has 1 fully saturated rings. The summed E-state index contributed by atoms with van der Waals surface area (Å²) in [4.78, 5) is 26.9. The number of Topliss-reactive ketones (excluding diaryl/α,β-unsaturated/α-hetero) is 1. The van der Waals surface area contributed by atoms with E-state index in [1.54, 1.807) is 7.11 Å². The number of halogens is 1. The maximum Gasteiger partial charge on any atom is 0.228 e. The lowest BCUT2D eigenvalue weighted by molar-refractivity contribution is -0.127. The predicted octanol–water partition coefficient (Wildman–Crippen LogP) is 3.84. The SMILES string of the molecule is COc1cccc(CN2C(=O)CC3(C)CCCC(C(=O)CBr)=C23)c1. The maximum absolute atomic E-state index is 12.7. The molecule has 1 aromatic rings. The van der Waals surface area contributed by atoms with E-state index in [0.29, 0.717) is 18.3 Å². The Morgan fingerprint density at radius 2 is 2.21 bits per heavy atom. The summed E-state index contributed by atoms with van der Waals surface area (Å²) in [7, 11) is 1.63. The van der Waals surface area contributed by atoms with Gasteiger partial charge in [-0.25, -0.2) is 0 Å². The normalized spacial score (nSPS) is 23.5. The summed E-state index contributed by atoms with van der Waals surface area (Å²) < 4.78 is 5.27. The number of fused-ring (bicyclic) bond motifs is 1. The Morgan fingerprint density at radius 1 is 1.42 bits per heavy atom. The van der Waals surface area contributed by atoms with Crippen molar-refractivity contribution in [1.82, 2.24) is 4.90 Å². The second-order valence-corrected chi connectivity index (χ2v) is 7.37. The second kappa shape index (κ2) is 6.71. The molecule has 1 atom stereocenters. The largest absolute Gasteiger partial charge is 0.497 e. The quantitative estimate of drug-likeness (QED) is 0.716. The number of alkyl halides is 1. The smallest absolute Gasteiger partial charge is 0.228 e. The minimum atomic E-state index is -0.207. The Morgan fingerprint density at radius 3 is 2.92 bits per heavy atom. The zero-order chi connectivity index (χ0) is 17.3. The molecule has 1 saturated heterocycles. The van der Waals surface area contributed by atoms with Crippen molar-refractivity contribution in [3.63, 3.8) is 0 Å². The molecule has 0 spiro atoms. The highest BCUT2D eigenvalue weighted by atomic mass is 79.9. The van der Waals surface area contributed by atoms with Gasteiger partial charge in [-0.1, -0.05) is 35.0 Å². The van der Waals surface area contributed by atoms with Gasteiger partial charge in [-0.05, 0) is 37.0 Å². The highest BCUT2D eigenvalue weighted by molar-refractivity contribution is 9.09. The number of hydrogen-bond acceptors (Lipinski definition) is 3. The first-order valence-corrected chi connectivity index (χ1v) is 9.37. The second-order valence-electron chi connectivity index (χ2n) is 6.81. The van der Waals surface area contributed by atoms with Crippen LogP contribution in [0.15, 0.2) is 35.5 Å². The summed E-state index contributed by atoms with van der Waals surface area (Å²) in [5.41, 5.74) is 2.58. The third-order valence-corrected chi connectivity index (χ3v) is 5.57. The van der Waals surface area contributed by atoms with Crippen LogP contribution in [0.4, 0.5) is 0 Å². The van der Waals surface area contributed by atoms with E-state index in [2.05, 4.69) is 22.9 Å². The number of rotatable bonds is 5. The van der Waals surface area contributed by atoms with E-state index in [1.807, 2.05) is 29.2 Å². The number of carbonyl (C=O) groups is 2. The fraction of sp³-hybridized carbons (Fsp3) is 0.474. The summed E-state index contributed by atoms with van der Waals surface area (Å²) in [5, 5.41) is 0.309. The lowest BCUT2D eigenvalue weighted by Gasteiger charge is -2.34. The Hall–Kier alpha value is -1.62. The molecule has 0 radical (unpaired) electrons. The Kier molecular flexibility index (Phi) is 4.81. The van der Waals surface area contributed by atoms with Crippen LogP contribution in [0.5, 0.6) is 5.75 Å². The van der Waals surface area contributed by atoms with Gasteiger partial charge in [0.2, 0.25) is 5.91 Å². The Bertz CT molecular complexity index is 712. The fourth-order valence-electron chi connectivity index (χ4n) is 3.94. The van der Waals surface area contributed by atoms with Gasteiger partial charge in [-0.3, -0.25) is 9.59 Å². The molecule has 1 amide bonds. The van der Waals surface area contributed by atoms with Crippen molar-refractivity contribution >= 4 is 27.6 Å². The van der Waals surface area contributed by atoms with Crippen molar-refractivity contribution in [2.24, 2.45) is 5.41 Å². The summed E-state index contributed by atoms with van der Waals surface area (Å²) >= 11 is 3.28. The molecule has 0 aromatic heterocycles. The van der Waals surface area contributed by atoms with E-state index in [4.69, 9.17) is 4.74 Å². The first-order chi connectivity index (χ1) is 11.5. The summed E-state index contributed by atoms with van der Waals surface area (Å²) in [5.74, 6) is 0.981. The molecule has 3 rings (SSSR count). The van der Waals surface area contributed by atoms with Crippen LogP contribution in [0.1, 0.15) is 38.2 Å². The standard InChI is InChI=1S/C19H22BrNO3/c1-19-8-4-7-15(16(22)11-20)18(19)21(17(23)10-19)12-13-5-3-6-14(9-13)24-2/h3,5-6,9H,4,7-8,10-12H2,1-2H3. The van der Waals surface area contributed by atoms with Crippen LogP contribution in [0.2, 0.25) is 0 Å². The van der Waals surface area contributed by atoms with Gasteiger partial charge >= 0.3 is 0 Å². The van der Waals surface area contributed by atoms with E-state index in [0.717, 1.165) is 41.8 Å². The number of ketones is 1. The molecule has 1 aromatic carbocycles. The third-order valence-electron chi connectivity index (χ3n) is 5.06. The molecule has 2 aliphatic rings. The first-order valence-electron chi connectivity index (χ1n) is 8.24. The molecule has 1 heterocycles. The van der Waals surface area contributed by atoms with Crippen molar-refractivity contribution < 1.29 is 14.3 Å². The summed E-state index contributed by atoms with van der Waals surface area (Å²) in [6.45, 7) is 2.60. The monoisotopic (exact) mass is 391 g/mol. The number of nitrogens with zero attached hydrogens (tertiary/aromatic N) is 1. The van der Waals surface area contributed by atoms with Gasteiger partial charge in [0, 0.05) is 23.1 Å². The van der Waals surface area contributed by atoms with Gasteiger partial charge in [0.1, 0.15) is 5.75 Å². The number of carbonyl (C=O) groups excluding carboxylic acids is 2. The summed E-state index contributed by atoms with van der Waals surface area (Å²) in [6, 6.07) is 7.74. The van der Waals surface area contributed by atoms with Gasteiger partial charge in [-0.2, -0.15) is 0 Å². The molecule has 128 valence electrons. The molecule has 0 N–H and O–H groups in total. The van der Waals surface area contributed by atoms with Crippen LogP contribution in [-0.4, -0.2) is 29.0 Å². The number of allylic oxidation sites excluding steroid dienone is 2. The van der Waals surface area contributed by atoms with Gasteiger partial charge in [0.05, 0.1) is 19.0 Å². The highest BCUT2D eigenvalue weighted by Crippen LogP contribution is 2.50. The number of ether oxygens (including phenoxy) is 1. The van der Waals surface area contributed by atoms with Crippen molar-refractivity contribution in [3.05, 3.63) is 41.1 Å². The van der Waals surface area contributed by atoms with E-state index in [-0.39, 0.29) is 17.1 Å². The van der Waals surface area contributed by atoms with E-state index < -0.39 is 0 Å². The van der Waals surface area contributed by atoms with E-state index >= 15 is 0 Å². The lowest BCUT2D eigenvalue weighted by atomic mass is 9.74. The van der Waals surface area contributed by atoms with E-state index in [1.165, 1.54) is 0 Å². The number of hydrogen-bond donors (Lipinski definition) is 0. The Balaban J connectivity index is 2.00. The number of methoxy groups -OCH3 is 1. The molecule has 0 bridgehead atoms. The van der Waals surface area contributed by atoms with Crippen molar-refractivity contribution in [3.8, 4) is 5.75 Å². The van der Waals surface area contributed by atoms with E-state index in [9.17, 15) is 9.59 Å². The molecular formula is C19H22BrNO3. The van der Waals surface area contributed by atoms with Crippen molar-refractivity contribution in [2.75, 3.05) is 12.4 Å². The summed E-state index contributed by atoms with van der Waals surface area (Å²) in [6.07, 6.45) is 3.18. The van der Waals surface area contributed by atoms with Crippen molar-refractivity contribution in [2.45, 2.75) is 39.2 Å². The molecule has 4 nitrogen and oxygen atoms in total. The minimum absolute atomic E-state index is 0.0984. The maximum atomic E-state index is 12.7. The van der Waals surface area contributed by atoms with Crippen LogP contribution in [0.25, 0.3) is 0 Å². The Labute approximate surface area is 151 Å². The third kappa shape index (κ3) is 3.02. The fourth-order valence-corrected chi connectivity index (χ4v) is 4.28. The van der Waals surface area contributed by atoms with Crippen LogP contribution in [0.3, 0.4) is 0 Å². The highest BCUT2D eigenvalue weighted by Gasteiger charge is 2.48. The molecule has 1 aliphatic carbocycles. The number of amides is 1. The van der Waals surface area contributed by atoms with Gasteiger partial charge in [0.15, 0.2) is 5.78 Å². The van der Waals surface area contributed by atoms with Crippen LogP contribution >= 0.6 is 15.9 Å². The average molecular weight is 392 g/mol. The molecule has 1 aliphatic heterocycles. The number of benzene rings is 1. The molecular weight excluding hydrogens is 370 g/mol. The van der Waals surface area contributed by atoms with Crippen LogP contribution in [0, 0.1) is 5.41 Å². The van der Waals surface area contributed by atoms with Gasteiger partial charge in [0.25, 0.3) is 0 Å². The van der Waals surface area contributed by atoms with Crippen LogP contribution < -0.4 is 4.74 Å². The lowest BCUT2D eigenvalue weighted by Crippen LogP contribution is -2.30. The zero-order valence-electron chi connectivity index (χ0n) is 14.1. The number of likely N-dealkylation sites (tertiary alicyclic amines) is 1.